The Hall–Kier alpha value is -1.86. The van der Waals surface area contributed by atoms with Crippen LogP contribution in [0.4, 0.5) is 5.69 Å². The average molecular weight is 296 g/mol. The minimum Gasteiger partial charge on any atom is -0.355 e. The Morgan fingerprint density at radius 2 is 2.00 bits per heavy atom. The molecule has 0 spiro atoms. The number of carbonyl (C=O) groups is 1. The zero-order chi connectivity index (χ0) is 13.9. The van der Waals surface area contributed by atoms with Crippen LogP contribution in [-0.4, -0.2) is 21.4 Å². The van der Waals surface area contributed by atoms with E-state index >= 15 is 0 Å². The zero-order valence-electron chi connectivity index (χ0n) is 10.1. The molecule has 0 fully saturated rings. The van der Waals surface area contributed by atoms with Gasteiger partial charge in [0.2, 0.25) is 0 Å². The van der Waals surface area contributed by atoms with Crippen molar-refractivity contribution < 1.29 is 13.2 Å². The van der Waals surface area contributed by atoms with E-state index in [-0.39, 0.29) is 10.1 Å². The number of hydrogen-bond acceptors (Lipinski definition) is 4. The molecular weight excluding hydrogens is 284 g/mol. The van der Waals surface area contributed by atoms with Gasteiger partial charge in [0.15, 0.2) is 0 Å². The van der Waals surface area contributed by atoms with Crippen LogP contribution in [0.3, 0.4) is 0 Å². The Balaban J connectivity index is 2.27. The summed E-state index contributed by atoms with van der Waals surface area (Å²) < 4.78 is 26.7. The monoisotopic (exact) mass is 296 g/mol. The summed E-state index contributed by atoms with van der Waals surface area (Å²) in [5, 5.41) is 4.17. The van der Waals surface area contributed by atoms with Crippen LogP contribution in [0.25, 0.3) is 0 Å². The molecule has 0 saturated heterocycles. The van der Waals surface area contributed by atoms with Gasteiger partial charge in [0.1, 0.15) is 4.21 Å². The van der Waals surface area contributed by atoms with Crippen LogP contribution in [-0.2, 0) is 10.0 Å². The number of sulfonamides is 1. The summed E-state index contributed by atoms with van der Waals surface area (Å²) in [6, 6.07) is 9.51. The molecule has 1 heterocycles. The van der Waals surface area contributed by atoms with Gasteiger partial charge in [0.05, 0.1) is 0 Å². The third kappa shape index (κ3) is 3.12. The predicted molar refractivity (Wildman–Crippen MR) is 75.0 cm³/mol. The number of carbonyl (C=O) groups excluding carboxylic acids is 1. The minimum atomic E-state index is -3.58. The van der Waals surface area contributed by atoms with Crippen molar-refractivity contribution in [2.24, 2.45) is 0 Å². The Morgan fingerprint density at radius 3 is 2.63 bits per heavy atom. The summed E-state index contributed by atoms with van der Waals surface area (Å²) in [7, 11) is -2.06. The van der Waals surface area contributed by atoms with Crippen LogP contribution in [0.2, 0.25) is 0 Å². The van der Waals surface area contributed by atoms with Crippen molar-refractivity contribution in [2.45, 2.75) is 4.21 Å². The molecule has 0 aliphatic heterocycles. The van der Waals surface area contributed by atoms with Crippen molar-refractivity contribution in [2.75, 3.05) is 11.8 Å². The first-order valence-corrected chi connectivity index (χ1v) is 7.78. The second kappa shape index (κ2) is 5.41. The van der Waals surface area contributed by atoms with E-state index in [9.17, 15) is 13.2 Å². The molecule has 2 aromatic rings. The van der Waals surface area contributed by atoms with Gasteiger partial charge in [-0.3, -0.25) is 9.52 Å². The molecular formula is C12H12N2O3S2. The summed E-state index contributed by atoms with van der Waals surface area (Å²) in [5.74, 6) is -0.267. The topological polar surface area (TPSA) is 75.3 Å². The third-order valence-electron chi connectivity index (χ3n) is 2.36. The molecule has 2 N–H and O–H groups in total. The normalized spacial score (nSPS) is 11.0. The molecule has 0 atom stereocenters. The van der Waals surface area contributed by atoms with Crippen LogP contribution in [0.15, 0.2) is 46.0 Å². The van der Waals surface area contributed by atoms with Gasteiger partial charge in [-0.1, -0.05) is 12.1 Å². The Labute approximate surface area is 115 Å². The van der Waals surface area contributed by atoms with Gasteiger partial charge in [0.25, 0.3) is 15.9 Å². The molecule has 0 aliphatic carbocycles. The smallest absolute Gasteiger partial charge is 0.271 e. The molecule has 1 aromatic carbocycles. The highest BCUT2D eigenvalue weighted by molar-refractivity contribution is 7.94. The van der Waals surface area contributed by atoms with Gasteiger partial charge in [-0.2, -0.15) is 0 Å². The van der Waals surface area contributed by atoms with Crippen LogP contribution >= 0.6 is 11.3 Å². The molecule has 0 saturated carbocycles. The van der Waals surface area contributed by atoms with E-state index in [2.05, 4.69) is 10.0 Å². The zero-order valence-corrected chi connectivity index (χ0v) is 11.7. The van der Waals surface area contributed by atoms with E-state index in [4.69, 9.17) is 0 Å². The molecule has 1 amide bonds. The summed E-state index contributed by atoms with van der Waals surface area (Å²) in [5.41, 5.74) is 0.753. The van der Waals surface area contributed by atoms with Crippen molar-refractivity contribution in [3.63, 3.8) is 0 Å². The largest absolute Gasteiger partial charge is 0.355 e. The molecule has 7 heteroatoms. The van der Waals surface area contributed by atoms with Crippen LogP contribution < -0.4 is 10.0 Å². The molecule has 0 radical (unpaired) electrons. The quantitative estimate of drug-likeness (QED) is 0.905. The molecule has 0 unspecified atom stereocenters. The van der Waals surface area contributed by atoms with E-state index in [1.54, 1.807) is 29.6 Å². The lowest BCUT2D eigenvalue weighted by molar-refractivity contribution is 0.0963. The fraction of sp³-hybridized carbons (Fsp3) is 0.0833. The predicted octanol–water partition coefficient (Wildman–Crippen LogP) is 1.91. The lowest BCUT2D eigenvalue weighted by Crippen LogP contribution is -2.18. The maximum atomic E-state index is 12.0. The Kier molecular flexibility index (Phi) is 3.87. The van der Waals surface area contributed by atoms with E-state index in [1.807, 2.05) is 0 Å². The molecule has 19 heavy (non-hydrogen) atoms. The first kappa shape index (κ1) is 13.6. The van der Waals surface area contributed by atoms with Crippen LogP contribution in [0, 0.1) is 0 Å². The highest BCUT2D eigenvalue weighted by Crippen LogP contribution is 2.20. The average Bonchev–Trinajstić information content (AvgIpc) is 2.92. The highest BCUT2D eigenvalue weighted by atomic mass is 32.2. The van der Waals surface area contributed by atoms with Crippen molar-refractivity contribution in [1.82, 2.24) is 5.32 Å². The van der Waals surface area contributed by atoms with Crippen molar-refractivity contribution in [3.8, 4) is 0 Å². The van der Waals surface area contributed by atoms with Crippen molar-refractivity contribution in [3.05, 3.63) is 47.3 Å². The lowest BCUT2D eigenvalue weighted by Gasteiger charge is -2.07. The van der Waals surface area contributed by atoms with Gasteiger partial charge in [-0.15, -0.1) is 11.3 Å². The first-order chi connectivity index (χ1) is 9.03. The molecule has 0 bridgehead atoms. The van der Waals surface area contributed by atoms with Crippen LogP contribution in [0.1, 0.15) is 10.4 Å². The number of hydrogen-bond donors (Lipinski definition) is 2. The fourth-order valence-corrected chi connectivity index (χ4v) is 3.53. The SMILES string of the molecule is CNC(=O)c1cccc(NS(=O)(=O)c2cccs2)c1. The maximum absolute atomic E-state index is 12.0. The van der Waals surface area contributed by atoms with E-state index in [0.717, 1.165) is 11.3 Å². The fourth-order valence-electron chi connectivity index (χ4n) is 1.49. The second-order valence-corrected chi connectivity index (χ2v) is 6.55. The van der Waals surface area contributed by atoms with E-state index in [1.165, 1.54) is 19.2 Å². The molecule has 5 nitrogen and oxygen atoms in total. The number of anilines is 1. The van der Waals surface area contributed by atoms with Gasteiger partial charge in [-0.05, 0) is 29.6 Å². The van der Waals surface area contributed by atoms with E-state index in [0.29, 0.717) is 11.3 Å². The summed E-state index contributed by atoms with van der Waals surface area (Å²) >= 11 is 1.13. The number of rotatable bonds is 4. The van der Waals surface area contributed by atoms with Gasteiger partial charge in [0, 0.05) is 18.3 Å². The molecule has 100 valence electrons. The van der Waals surface area contributed by atoms with Gasteiger partial charge in [-0.25, -0.2) is 8.42 Å². The standard InChI is InChI=1S/C12H12N2O3S2/c1-13-12(15)9-4-2-5-10(8-9)14-19(16,17)11-6-3-7-18-11/h2-8,14H,1H3,(H,13,15). The number of thiophene rings is 1. The molecule has 1 aromatic heterocycles. The van der Waals surface area contributed by atoms with Gasteiger partial charge >= 0.3 is 0 Å². The van der Waals surface area contributed by atoms with E-state index < -0.39 is 10.0 Å². The number of amides is 1. The lowest BCUT2D eigenvalue weighted by atomic mass is 10.2. The minimum absolute atomic E-state index is 0.234. The Bertz CT molecular complexity index is 679. The van der Waals surface area contributed by atoms with Crippen molar-refractivity contribution >= 4 is 33.0 Å². The summed E-state index contributed by atoms with van der Waals surface area (Å²) in [4.78, 5) is 11.5. The third-order valence-corrected chi connectivity index (χ3v) is 5.14. The summed E-state index contributed by atoms with van der Waals surface area (Å²) in [6.07, 6.45) is 0. The first-order valence-electron chi connectivity index (χ1n) is 5.41. The van der Waals surface area contributed by atoms with Crippen LogP contribution in [0.5, 0.6) is 0 Å². The van der Waals surface area contributed by atoms with Crippen molar-refractivity contribution in [1.29, 1.82) is 0 Å². The highest BCUT2D eigenvalue weighted by Gasteiger charge is 2.15. The number of nitrogens with one attached hydrogen (secondary N) is 2. The molecule has 2 rings (SSSR count). The maximum Gasteiger partial charge on any atom is 0.271 e. The summed E-state index contributed by atoms with van der Waals surface area (Å²) in [6.45, 7) is 0. The second-order valence-electron chi connectivity index (χ2n) is 3.70. The van der Waals surface area contributed by atoms with Gasteiger partial charge < -0.3 is 5.32 Å². The molecule has 0 aliphatic rings. The number of benzene rings is 1. The Morgan fingerprint density at radius 1 is 1.21 bits per heavy atom.